The van der Waals surface area contributed by atoms with Crippen molar-refractivity contribution in [1.29, 1.82) is 0 Å². The Morgan fingerprint density at radius 2 is 2.00 bits per heavy atom. The standard InChI is InChI=1S/C19H20FN3O3/c1-10-6-14(10)23-18(25)12-8-15(22-16(9-12)19(26)21-2)17(24)11-4-3-5-13(20)7-11/h3-5,7-10,14,17,24H,6H2,1-2H3,(H,21,26)(H,23,25)/t10-,14-,17-/m0/s1. The van der Waals surface area contributed by atoms with Gasteiger partial charge in [-0.2, -0.15) is 0 Å². The first kappa shape index (κ1) is 18.0. The van der Waals surface area contributed by atoms with Crippen molar-refractivity contribution in [3.63, 3.8) is 0 Å². The summed E-state index contributed by atoms with van der Waals surface area (Å²) >= 11 is 0. The number of amides is 2. The molecule has 1 fully saturated rings. The topological polar surface area (TPSA) is 91.3 Å². The molecule has 1 aromatic carbocycles. The Morgan fingerprint density at radius 3 is 2.62 bits per heavy atom. The molecule has 0 spiro atoms. The Bertz CT molecular complexity index is 856. The molecule has 1 saturated carbocycles. The lowest BCUT2D eigenvalue weighted by molar-refractivity contribution is 0.0949. The minimum atomic E-state index is -1.26. The molecular formula is C19H20FN3O3. The van der Waals surface area contributed by atoms with Crippen LogP contribution >= 0.6 is 0 Å². The average molecular weight is 357 g/mol. The number of carbonyl (C=O) groups is 2. The molecule has 1 aliphatic rings. The zero-order chi connectivity index (χ0) is 18.8. The van der Waals surface area contributed by atoms with Gasteiger partial charge in [0, 0.05) is 18.7 Å². The summed E-state index contributed by atoms with van der Waals surface area (Å²) in [5, 5.41) is 15.9. The van der Waals surface area contributed by atoms with E-state index in [9.17, 15) is 19.1 Å². The van der Waals surface area contributed by atoms with Crippen LogP contribution in [0.2, 0.25) is 0 Å². The van der Waals surface area contributed by atoms with Crippen LogP contribution in [-0.2, 0) is 0 Å². The number of nitrogens with zero attached hydrogens (tertiary/aromatic N) is 1. The van der Waals surface area contributed by atoms with Crippen molar-refractivity contribution in [2.24, 2.45) is 5.92 Å². The van der Waals surface area contributed by atoms with Crippen LogP contribution in [-0.4, -0.2) is 35.0 Å². The fourth-order valence-electron chi connectivity index (χ4n) is 2.69. The van der Waals surface area contributed by atoms with Gasteiger partial charge >= 0.3 is 0 Å². The van der Waals surface area contributed by atoms with E-state index in [2.05, 4.69) is 15.6 Å². The number of pyridine rings is 1. The molecule has 0 bridgehead atoms. The number of benzene rings is 1. The number of hydrogen-bond donors (Lipinski definition) is 3. The van der Waals surface area contributed by atoms with Crippen molar-refractivity contribution in [2.75, 3.05) is 7.05 Å². The zero-order valence-corrected chi connectivity index (χ0v) is 14.5. The molecule has 2 amide bonds. The van der Waals surface area contributed by atoms with Crippen LogP contribution in [0.4, 0.5) is 4.39 Å². The highest BCUT2D eigenvalue weighted by molar-refractivity contribution is 5.98. The van der Waals surface area contributed by atoms with E-state index in [4.69, 9.17) is 0 Å². The molecular weight excluding hydrogens is 337 g/mol. The summed E-state index contributed by atoms with van der Waals surface area (Å²) < 4.78 is 13.4. The van der Waals surface area contributed by atoms with E-state index >= 15 is 0 Å². The highest BCUT2D eigenvalue weighted by atomic mass is 19.1. The summed E-state index contributed by atoms with van der Waals surface area (Å²) in [6.45, 7) is 2.03. The van der Waals surface area contributed by atoms with E-state index in [-0.39, 0.29) is 34.5 Å². The normalized spacial score (nSPS) is 19.5. The van der Waals surface area contributed by atoms with Crippen LogP contribution in [0, 0.1) is 11.7 Å². The largest absolute Gasteiger partial charge is 0.382 e. The molecule has 1 aromatic heterocycles. The van der Waals surface area contributed by atoms with Crippen LogP contribution in [0.5, 0.6) is 0 Å². The second-order valence-electron chi connectivity index (χ2n) is 6.50. The van der Waals surface area contributed by atoms with Crippen molar-refractivity contribution in [1.82, 2.24) is 15.6 Å². The van der Waals surface area contributed by atoms with Crippen molar-refractivity contribution in [3.8, 4) is 0 Å². The molecule has 3 atom stereocenters. The number of aliphatic hydroxyl groups excluding tert-OH is 1. The third-order valence-corrected chi connectivity index (χ3v) is 4.44. The maximum Gasteiger partial charge on any atom is 0.269 e. The van der Waals surface area contributed by atoms with E-state index in [1.807, 2.05) is 6.92 Å². The summed E-state index contributed by atoms with van der Waals surface area (Å²) in [4.78, 5) is 28.6. The molecule has 0 unspecified atom stereocenters. The van der Waals surface area contributed by atoms with Crippen LogP contribution < -0.4 is 10.6 Å². The number of aliphatic hydroxyl groups is 1. The Balaban J connectivity index is 1.96. The van der Waals surface area contributed by atoms with Crippen LogP contribution in [0.15, 0.2) is 36.4 Å². The first-order valence-corrected chi connectivity index (χ1v) is 8.37. The first-order valence-electron chi connectivity index (χ1n) is 8.37. The maximum atomic E-state index is 13.4. The van der Waals surface area contributed by atoms with Gasteiger partial charge in [0.05, 0.1) is 5.69 Å². The van der Waals surface area contributed by atoms with Crippen LogP contribution in [0.3, 0.4) is 0 Å². The molecule has 6 nitrogen and oxygen atoms in total. The number of hydrogen-bond acceptors (Lipinski definition) is 4. The van der Waals surface area contributed by atoms with Gasteiger partial charge in [-0.1, -0.05) is 19.1 Å². The Kier molecular flexibility index (Phi) is 4.99. The quantitative estimate of drug-likeness (QED) is 0.761. The molecule has 7 heteroatoms. The van der Waals surface area contributed by atoms with Gasteiger partial charge in [0.15, 0.2) is 0 Å². The molecule has 1 heterocycles. The molecule has 3 rings (SSSR count). The molecule has 1 aliphatic carbocycles. The van der Waals surface area contributed by atoms with Gasteiger partial charge in [0.25, 0.3) is 11.8 Å². The molecule has 3 N–H and O–H groups in total. The van der Waals surface area contributed by atoms with Gasteiger partial charge in [-0.15, -0.1) is 0 Å². The van der Waals surface area contributed by atoms with Gasteiger partial charge in [-0.05, 0) is 42.2 Å². The summed E-state index contributed by atoms with van der Waals surface area (Å²) in [5.41, 5.74) is 0.622. The molecule has 0 saturated heterocycles. The van der Waals surface area contributed by atoms with E-state index in [1.54, 1.807) is 6.07 Å². The Labute approximate surface area is 150 Å². The average Bonchev–Trinajstić information content (AvgIpc) is 3.34. The van der Waals surface area contributed by atoms with E-state index in [0.717, 1.165) is 6.42 Å². The Morgan fingerprint density at radius 1 is 1.27 bits per heavy atom. The third kappa shape index (κ3) is 3.88. The van der Waals surface area contributed by atoms with Gasteiger partial charge in [0.2, 0.25) is 0 Å². The minimum Gasteiger partial charge on any atom is -0.382 e. The van der Waals surface area contributed by atoms with Gasteiger partial charge in [-0.3, -0.25) is 9.59 Å². The highest BCUT2D eigenvalue weighted by Crippen LogP contribution is 2.29. The molecule has 136 valence electrons. The van der Waals surface area contributed by atoms with Gasteiger partial charge < -0.3 is 15.7 Å². The fourth-order valence-corrected chi connectivity index (χ4v) is 2.69. The second-order valence-corrected chi connectivity index (χ2v) is 6.50. The molecule has 2 aromatic rings. The Hall–Kier alpha value is -2.80. The number of nitrogens with one attached hydrogen (secondary N) is 2. The molecule has 26 heavy (non-hydrogen) atoms. The monoisotopic (exact) mass is 357 g/mol. The summed E-state index contributed by atoms with van der Waals surface area (Å²) in [6.07, 6.45) is -0.348. The third-order valence-electron chi connectivity index (χ3n) is 4.44. The second kappa shape index (κ2) is 7.21. The minimum absolute atomic E-state index is 0.00875. The van der Waals surface area contributed by atoms with Crippen molar-refractivity contribution in [3.05, 3.63) is 64.7 Å². The van der Waals surface area contributed by atoms with Crippen molar-refractivity contribution >= 4 is 11.8 Å². The highest BCUT2D eigenvalue weighted by Gasteiger charge is 2.34. The zero-order valence-electron chi connectivity index (χ0n) is 14.5. The van der Waals surface area contributed by atoms with Gasteiger partial charge in [0.1, 0.15) is 17.6 Å². The summed E-state index contributed by atoms with van der Waals surface area (Å²) in [6, 6.07) is 8.39. The van der Waals surface area contributed by atoms with E-state index < -0.39 is 17.8 Å². The SMILES string of the molecule is CNC(=O)c1cc(C(=O)N[C@H]2C[C@@H]2C)cc([C@@H](O)c2cccc(F)c2)n1. The predicted octanol–water partition coefficient (Wildman–Crippen LogP) is 1.80. The number of halogens is 1. The fraction of sp³-hybridized carbons (Fsp3) is 0.316. The van der Waals surface area contributed by atoms with Crippen LogP contribution in [0.25, 0.3) is 0 Å². The number of aromatic nitrogens is 1. The van der Waals surface area contributed by atoms with E-state index in [0.29, 0.717) is 5.92 Å². The lowest BCUT2D eigenvalue weighted by atomic mass is 10.0. The first-order chi connectivity index (χ1) is 12.4. The van der Waals surface area contributed by atoms with Crippen LogP contribution in [0.1, 0.15) is 51.6 Å². The number of carbonyl (C=O) groups excluding carboxylic acids is 2. The molecule has 0 aliphatic heterocycles. The summed E-state index contributed by atoms with van der Waals surface area (Å²) in [7, 11) is 1.45. The molecule has 0 radical (unpaired) electrons. The predicted molar refractivity (Wildman–Crippen MR) is 93.1 cm³/mol. The van der Waals surface area contributed by atoms with Crippen molar-refractivity contribution < 1.29 is 19.1 Å². The lowest BCUT2D eigenvalue weighted by Crippen LogP contribution is -2.28. The lowest BCUT2D eigenvalue weighted by Gasteiger charge is -2.14. The smallest absolute Gasteiger partial charge is 0.269 e. The maximum absolute atomic E-state index is 13.4. The van der Waals surface area contributed by atoms with Crippen molar-refractivity contribution in [2.45, 2.75) is 25.5 Å². The van der Waals surface area contributed by atoms with E-state index in [1.165, 1.54) is 37.4 Å². The van der Waals surface area contributed by atoms with Gasteiger partial charge in [-0.25, -0.2) is 9.37 Å². The summed E-state index contributed by atoms with van der Waals surface area (Å²) in [5.74, 6) is -0.882. The number of rotatable bonds is 5.